The van der Waals surface area contributed by atoms with Gasteiger partial charge in [0.2, 0.25) is 5.95 Å². The third-order valence-corrected chi connectivity index (χ3v) is 7.27. The van der Waals surface area contributed by atoms with E-state index < -0.39 is 29.5 Å². The number of nitrogens with zero attached hydrogens (tertiary/aromatic N) is 7. The van der Waals surface area contributed by atoms with Crippen LogP contribution in [0, 0.1) is 0 Å². The second kappa shape index (κ2) is 11.3. The highest BCUT2D eigenvalue weighted by molar-refractivity contribution is 6.36. The molecule has 0 saturated carbocycles. The predicted molar refractivity (Wildman–Crippen MR) is 158 cm³/mol. The second-order valence-corrected chi connectivity index (χ2v) is 11.8. The molecule has 1 N–H and O–H groups in total. The predicted octanol–water partition coefficient (Wildman–Crippen LogP) is 6.61. The van der Waals surface area contributed by atoms with Crippen molar-refractivity contribution in [3.63, 3.8) is 0 Å². The number of aryl methyl sites for hydroxylation is 1. The number of halogens is 4. The fourth-order valence-electron chi connectivity index (χ4n) is 4.85. The first-order valence-corrected chi connectivity index (χ1v) is 14.2. The summed E-state index contributed by atoms with van der Waals surface area (Å²) in [6.07, 6.45) is 2.53. The Labute approximate surface area is 259 Å². The number of carbonyl (C=O) groups excluding carboxylic acids is 1. The van der Waals surface area contributed by atoms with Crippen LogP contribution in [0.25, 0.3) is 16.7 Å². The molecule has 1 aliphatic rings. The maximum atomic E-state index is 13.9. The third-order valence-electron chi connectivity index (χ3n) is 6.90. The molecule has 1 fully saturated rings. The monoisotopic (exact) mass is 644 g/mol. The normalized spacial score (nSPS) is 15.6. The van der Waals surface area contributed by atoms with Gasteiger partial charge in [-0.15, -0.1) is 0 Å². The maximum Gasteiger partial charge on any atom is 0.416 e. The highest BCUT2D eigenvalue weighted by Crippen LogP contribution is 2.38. The number of hydrogen-bond donors (Lipinski definition) is 1. The molecule has 4 aromatic heterocycles. The lowest BCUT2D eigenvalue weighted by Gasteiger charge is -2.24. The molecule has 5 aromatic rings. The van der Waals surface area contributed by atoms with Gasteiger partial charge in [-0.05, 0) is 32.9 Å². The average molecular weight is 645 g/mol. The van der Waals surface area contributed by atoms with Crippen molar-refractivity contribution >= 4 is 46.0 Å². The molecule has 0 spiro atoms. The van der Waals surface area contributed by atoms with Crippen LogP contribution in [0.2, 0.25) is 5.02 Å². The molecule has 0 radical (unpaired) electrons. The molecule has 45 heavy (non-hydrogen) atoms. The number of aromatic nitrogens is 6. The van der Waals surface area contributed by atoms with E-state index >= 15 is 0 Å². The number of pyridine rings is 1. The number of likely N-dealkylation sites (tertiary alicyclic amines) is 1. The Morgan fingerprint density at radius 1 is 1.11 bits per heavy atom. The molecule has 6 rings (SSSR count). The summed E-state index contributed by atoms with van der Waals surface area (Å²) in [5, 5.41) is 7.34. The van der Waals surface area contributed by atoms with Crippen LogP contribution in [0.4, 0.5) is 29.6 Å². The molecule has 12 nitrogen and oxygen atoms in total. The van der Waals surface area contributed by atoms with Gasteiger partial charge in [0.1, 0.15) is 33.5 Å². The van der Waals surface area contributed by atoms with E-state index in [4.69, 9.17) is 25.8 Å². The number of benzene rings is 1. The van der Waals surface area contributed by atoms with Crippen LogP contribution in [0.3, 0.4) is 0 Å². The standard InChI is InChI=1S/C29H28ClF3N8O4/c1-28(2,3)45-27(42)40-7-5-18(15-40)43-19-10-16(29(31,32)33)9-17(11-19)37-26-38-25-24(39(26)4)23(30)22(13-35-25)44-21-14-36-41-8-6-34-12-20(21)41/h6,8-14,18H,5,7,15H2,1-4H3,(H,35,37,38)/t18-/m1/s1. The summed E-state index contributed by atoms with van der Waals surface area (Å²) >= 11 is 6.70. The van der Waals surface area contributed by atoms with E-state index in [9.17, 15) is 18.0 Å². The van der Waals surface area contributed by atoms with Gasteiger partial charge in [0.25, 0.3) is 0 Å². The topological polar surface area (TPSA) is 121 Å². The number of fused-ring (bicyclic) bond motifs is 2. The molecule has 0 bridgehead atoms. The number of rotatable bonds is 6. The van der Waals surface area contributed by atoms with E-state index in [1.807, 2.05) is 0 Å². The lowest BCUT2D eigenvalue weighted by Crippen LogP contribution is -2.36. The van der Waals surface area contributed by atoms with Crippen LogP contribution in [0.1, 0.15) is 32.8 Å². The van der Waals surface area contributed by atoms with Gasteiger partial charge in [-0.1, -0.05) is 11.6 Å². The van der Waals surface area contributed by atoms with Crippen molar-refractivity contribution in [2.24, 2.45) is 7.05 Å². The average Bonchev–Trinajstić information content (AvgIpc) is 3.67. The second-order valence-electron chi connectivity index (χ2n) is 11.4. The Balaban J connectivity index is 1.25. The molecule has 5 heterocycles. The number of imidazole rings is 1. The van der Waals surface area contributed by atoms with E-state index in [-0.39, 0.29) is 40.3 Å². The summed E-state index contributed by atoms with van der Waals surface area (Å²) in [7, 11) is 1.64. The van der Waals surface area contributed by atoms with Crippen LogP contribution in [0.15, 0.2) is 49.2 Å². The Hall–Kier alpha value is -4.79. The Kier molecular flexibility index (Phi) is 7.59. The van der Waals surface area contributed by atoms with Gasteiger partial charge in [-0.3, -0.25) is 4.98 Å². The van der Waals surface area contributed by atoms with Gasteiger partial charge in [-0.25, -0.2) is 14.3 Å². The smallest absolute Gasteiger partial charge is 0.416 e. The molecule has 1 atom stereocenters. The van der Waals surface area contributed by atoms with Crippen molar-refractivity contribution < 1.29 is 32.2 Å². The van der Waals surface area contributed by atoms with E-state index in [1.54, 1.807) is 55.5 Å². The lowest BCUT2D eigenvalue weighted by atomic mass is 10.1. The Bertz CT molecular complexity index is 1900. The molecule has 0 unspecified atom stereocenters. The molecule has 0 aliphatic carbocycles. The van der Waals surface area contributed by atoms with E-state index in [0.29, 0.717) is 29.7 Å². The minimum Gasteiger partial charge on any atom is -0.488 e. The van der Waals surface area contributed by atoms with Crippen LogP contribution in [0.5, 0.6) is 17.2 Å². The summed E-state index contributed by atoms with van der Waals surface area (Å²) in [4.78, 5) is 26.8. The van der Waals surface area contributed by atoms with E-state index in [0.717, 1.165) is 12.1 Å². The first kappa shape index (κ1) is 30.2. The molecule has 1 aromatic carbocycles. The third kappa shape index (κ3) is 6.38. The minimum atomic E-state index is -4.65. The maximum absolute atomic E-state index is 13.9. The molecular weight excluding hydrogens is 617 g/mol. The van der Waals surface area contributed by atoms with E-state index in [2.05, 4.69) is 25.4 Å². The van der Waals surface area contributed by atoms with Crippen molar-refractivity contribution in [1.82, 2.24) is 34.0 Å². The molecule has 16 heteroatoms. The first-order valence-electron chi connectivity index (χ1n) is 13.9. The summed E-state index contributed by atoms with van der Waals surface area (Å²) in [6, 6.07) is 3.32. The zero-order valence-corrected chi connectivity index (χ0v) is 25.3. The number of alkyl halides is 3. The number of ether oxygens (including phenoxy) is 3. The number of hydrogen-bond acceptors (Lipinski definition) is 9. The van der Waals surface area contributed by atoms with Gasteiger partial charge in [0.15, 0.2) is 17.1 Å². The van der Waals surface area contributed by atoms with Crippen molar-refractivity contribution in [2.45, 2.75) is 45.1 Å². The van der Waals surface area contributed by atoms with Crippen molar-refractivity contribution in [3.8, 4) is 17.2 Å². The first-order chi connectivity index (χ1) is 21.2. The van der Waals surface area contributed by atoms with Crippen LogP contribution in [-0.4, -0.2) is 64.9 Å². The highest BCUT2D eigenvalue weighted by atomic mass is 35.5. The molecule has 1 saturated heterocycles. The number of amides is 1. The summed E-state index contributed by atoms with van der Waals surface area (Å²) in [5.41, 5.74) is -0.268. The number of nitrogens with one attached hydrogen (secondary N) is 1. The van der Waals surface area contributed by atoms with E-state index in [1.165, 1.54) is 23.4 Å². The molecule has 1 amide bonds. The summed E-state index contributed by atoms with van der Waals surface area (Å²) in [6.45, 7) is 5.81. The summed E-state index contributed by atoms with van der Waals surface area (Å²) in [5.74, 6) is 0.791. The zero-order chi connectivity index (χ0) is 32.1. The lowest BCUT2D eigenvalue weighted by molar-refractivity contribution is -0.137. The molecule has 236 valence electrons. The van der Waals surface area contributed by atoms with Crippen molar-refractivity contribution in [2.75, 3.05) is 18.4 Å². The largest absolute Gasteiger partial charge is 0.488 e. The molecular formula is C29H28ClF3N8O4. The summed E-state index contributed by atoms with van der Waals surface area (Å²) < 4.78 is 62.1. The van der Waals surface area contributed by atoms with Crippen LogP contribution >= 0.6 is 11.6 Å². The van der Waals surface area contributed by atoms with Gasteiger partial charge >= 0.3 is 12.3 Å². The fourth-order valence-corrected chi connectivity index (χ4v) is 5.15. The highest BCUT2D eigenvalue weighted by Gasteiger charge is 2.34. The van der Waals surface area contributed by atoms with Crippen molar-refractivity contribution in [3.05, 3.63) is 59.8 Å². The Morgan fingerprint density at radius 3 is 2.67 bits per heavy atom. The van der Waals surface area contributed by atoms with Gasteiger partial charge in [-0.2, -0.15) is 23.3 Å². The van der Waals surface area contributed by atoms with Crippen LogP contribution < -0.4 is 14.8 Å². The van der Waals surface area contributed by atoms with Gasteiger partial charge in [0.05, 0.1) is 30.7 Å². The van der Waals surface area contributed by atoms with Gasteiger partial charge < -0.3 is 29.0 Å². The number of anilines is 2. The quantitative estimate of drug-likeness (QED) is 0.218. The zero-order valence-electron chi connectivity index (χ0n) is 24.6. The minimum absolute atomic E-state index is 0.0168. The van der Waals surface area contributed by atoms with Crippen LogP contribution in [-0.2, 0) is 18.0 Å². The molecule has 1 aliphatic heterocycles. The van der Waals surface area contributed by atoms with Gasteiger partial charge in [0, 0.05) is 44.2 Å². The Morgan fingerprint density at radius 2 is 1.91 bits per heavy atom. The fraction of sp³-hybridized carbons (Fsp3) is 0.345. The number of carbonyl (C=O) groups is 1. The SMILES string of the molecule is Cn1c(Nc2cc(O[C@@H]3CCN(C(=O)OC(C)(C)C)C3)cc(C(F)(F)F)c2)nc2ncc(Oc3cnn4ccncc34)c(Cl)c21. The van der Waals surface area contributed by atoms with Crippen molar-refractivity contribution in [1.29, 1.82) is 0 Å².